The van der Waals surface area contributed by atoms with E-state index in [9.17, 15) is 9.18 Å². The molecule has 1 aliphatic heterocycles. The molecule has 0 spiro atoms. The van der Waals surface area contributed by atoms with Gasteiger partial charge in [-0.05, 0) is 39.3 Å². The smallest absolute Gasteiger partial charge is 0.410 e. The average Bonchev–Trinajstić information content (AvgIpc) is 2.95. The molecule has 25 heavy (non-hydrogen) atoms. The Bertz CT molecular complexity index is 742. The molecule has 0 radical (unpaired) electrons. The normalized spacial score (nSPS) is 21.4. The zero-order chi connectivity index (χ0) is 18.0. The van der Waals surface area contributed by atoms with E-state index in [0.717, 1.165) is 5.65 Å². The number of alkyl halides is 1. The second kappa shape index (κ2) is 6.85. The van der Waals surface area contributed by atoms with Gasteiger partial charge in [0.15, 0.2) is 5.65 Å². The highest BCUT2D eigenvalue weighted by molar-refractivity contribution is 5.68. The first-order chi connectivity index (χ1) is 11.8. The van der Waals surface area contributed by atoms with Gasteiger partial charge in [-0.15, -0.1) is 10.2 Å². The van der Waals surface area contributed by atoms with Crippen LogP contribution in [-0.4, -0.2) is 57.0 Å². The number of nitrogens with one attached hydrogen (secondary N) is 1. The fourth-order valence-electron chi connectivity index (χ4n) is 2.86. The lowest BCUT2D eigenvalue weighted by Crippen LogP contribution is -2.48. The standard InChI is InChI=1S/C17H24FN5O2/c1-17(2,3)25-16(24)22-9-7-12(13(18)11-22)10-19-15-21-20-14-6-4-5-8-23(14)15/h4-6,8,12-13H,7,9-11H2,1-3H3,(H,19,21)/t12-,13-/m1/s1. The molecule has 7 nitrogen and oxygen atoms in total. The molecule has 1 amide bonds. The Hall–Kier alpha value is -2.38. The number of fused-ring (bicyclic) bond motifs is 1. The minimum Gasteiger partial charge on any atom is -0.444 e. The second-order valence-electron chi connectivity index (χ2n) is 7.32. The molecule has 1 fully saturated rings. The number of halogens is 1. The van der Waals surface area contributed by atoms with Crippen LogP contribution in [0.3, 0.4) is 0 Å². The zero-order valence-electron chi connectivity index (χ0n) is 14.8. The van der Waals surface area contributed by atoms with E-state index in [2.05, 4.69) is 15.5 Å². The van der Waals surface area contributed by atoms with Crippen molar-refractivity contribution >= 4 is 17.7 Å². The monoisotopic (exact) mass is 349 g/mol. The van der Waals surface area contributed by atoms with E-state index >= 15 is 0 Å². The highest BCUT2D eigenvalue weighted by Crippen LogP contribution is 2.23. The Morgan fingerprint density at radius 3 is 2.92 bits per heavy atom. The third-order valence-electron chi connectivity index (χ3n) is 4.16. The van der Waals surface area contributed by atoms with Crippen molar-refractivity contribution in [2.75, 3.05) is 25.0 Å². The molecule has 0 saturated carbocycles. The van der Waals surface area contributed by atoms with Crippen molar-refractivity contribution in [3.8, 4) is 0 Å². The van der Waals surface area contributed by atoms with Crippen molar-refractivity contribution in [3.63, 3.8) is 0 Å². The van der Waals surface area contributed by atoms with Crippen molar-refractivity contribution in [1.29, 1.82) is 0 Å². The Morgan fingerprint density at radius 2 is 2.20 bits per heavy atom. The number of amides is 1. The van der Waals surface area contributed by atoms with Crippen LogP contribution in [0.4, 0.5) is 15.1 Å². The van der Waals surface area contributed by atoms with Crippen LogP contribution in [-0.2, 0) is 4.74 Å². The molecule has 0 aromatic carbocycles. The summed E-state index contributed by atoms with van der Waals surface area (Å²) in [4.78, 5) is 13.5. The number of ether oxygens (including phenoxy) is 1. The third-order valence-corrected chi connectivity index (χ3v) is 4.16. The van der Waals surface area contributed by atoms with Gasteiger partial charge in [0.05, 0.1) is 6.54 Å². The van der Waals surface area contributed by atoms with Gasteiger partial charge in [0.2, 0.25) is 5.95 Å². The fraction of sp³-hybridized carbons (Fsp3) is 0.588. The molecular formula is C17H24FN5O2. The fourth-order valence-corrected chi connectivity index (χ4v) is 2.86. The van der Waals surface area contributed by atoms with Gasteiger partial charge in [0.25, 0.3) is 0 Å². The number of carbonyl (C=O) groups is 1. The van der Waals surface area contributed by atoms with Crippen molar-refractivity contribution < 1.29 is 13.9 Å². The highest BCUT2D eigenvalue weighted by atomic mass is 19.1. The molecule has 136 valence electrons. The maximum absolute atomic E-state index is 14.5. The summed E-state index contributed by atoms with van der Waals surface area (Å²) in [7, 11) is 0. The first kappa shape index (κ1) is 17.4. The molecule has 3 heterocycles. The third kappa shape index (κ3) is 4.18. The molecule has 1 N–H and O–H groups in total. The van der Waals surface area contributed by atoms with Crippen molar-refractivity contribution in [1.82, 2.24) is 19.5 Å². The number of carbonyl (C=O) groups excluding carboxylic acids is 1. The van der Waals surface area contributed by atoms with Gasteiger partial charge in [-0.1, -0.05) is 6.07 Å². The summed E-state index contributed by atoms with van der Waals surface area (Å²) in [6, 6.07) is 5.63. The van der Waals surface area contributed by atoms with Crippen LogP contribution in [0.2, 0.25) is 0 Å². The van der Waals surface area contributed by atoms with E-state index in [-0.39, 0.29) is 12.5 Å². The molecule has 0 unspecified atom stereocenters. The minimum atomic E-state index is -1.10. The number of aromatic nitrogens is 3. The van der Waals surface area contributed by atoms with Gasteiger partial charge in [0.1, 0.15) is 11.8 Å². The van der Waals surface area contributed by atoms with Crippen molar-refractivity contribution in [3.05, 3.63) is 24.4 Å². The van der Waals surface area contributed by atoms with E-state index in [1.54, 1.807) is 20.8 Å². The first-order valence-electron chi connectivity index (χ1n) is 8.49. The Kier molecular flexibility index (Phi) is 4.78. The molecule has 8 heteroatoms. The lowest BCUT2D eigenvalue weighted by atomic mass is 9.95. The number of likely N-dealkylation sites (tertiary alicyclic amines) is 1. The highest BCUT2D eigenvalue weighted by Gasteiger charge is 2.33. The summed E-state index contributed by atoms with van der Waals surface area (Å²) in [6.45, 7) is 6.40. The molecular weight excluding hydrogens is 325 g/mol. The number of anilines is 1. The molecule has 3 rings (SSSR count). The summed E-state index contributed by atoms with van der Waals surface area (Å²) in [6.07, 6.45) is 0.873. The van der Waals surface area contributed by atoms with Gasteiger partial charge in [-0.3, -0.25) is 4.40 Å². The molecule has 1 aliphatic rings. The topological polar surface area (TPSA) is 71.8 Å². The maximum atomic E-state index is 14.5. The number of hydrogen-bond donors (Lipinski definition) is 1. The number of nitrogens with zero attached hydrogens (tertiary/aromatic N) is 4. The largest absolute Gasteiger partial charge is 0.444 e. The summed E-state index contributed by atoms with van der Waals surface area (Å²) < 4.78 is 21.6. The lowest BCUT2D eigenvalue weighted by Gasteiger charge is -2.35. The van der Waals surface area contributed by atoms with Gasteiger partial charge >= 0.3 is 6.09 Å². The summed E-state index contributed by atoms with van der Waals surface area (Å²) in [5.74, 6) is 0.409. The van der Waals surface area contributed by atoms with Crippen molar-refractivity contribution in [2.45, 2.75) is 39.0 Å². The van der Waals surface area contributed by atoms with Crippen LogP contribution >= 0.6 is 0 Å². The van der Waals surface area contributed by atoms with Gasteiger partial charge in [-0.2, -0.15) is 0 Å². The average molecular weight is 349 g/mol. The Labute approximate surface area is 146 Å². The van der Waals surface area contributed by atoms with Crippen LogP contribution in [0.25, 0.3) is 5.65 Å². The van der Waals surface area contributed by atoms with Crippen LogP contribution < -0.4 is 5.32 Å². The Morgan fingerprint density at radius 1 is 1.40 bits per heavy atom. The number of hydrogen-bond acceptors (Lipinski definition) is 5. The SMILES string of the molecule is CC(C)(C)OC(=O)N1CC[C@H](CNc2nnc3ccccn23)[C@H](F)C1. The summed E-state index contributed by atoms with van der Waals surface area (Å²) in [5, 5.41) is 11.3. The van der Waals surface area contributed by atoms with Crippen LogP contribution in [0.5, 0.6) is 0 Å². The van der Waals surface area contributed by atoms with Crippen molar-refractivity contribution in [2.24, 2.45) is 5.92 Å². The van der Waals surface area contributed by atoms with Gasteiger partial charge in [-0.25, -0.2) is 9.18 Å². The second-order valence-corrected chi connectivity index (χ2v) is 7.32. The quantitative estimate of drug-likeness (QED) is 0.922. The predicted octanol–water partition coefficient (Wildman–Crippen LogP) is 2.74. The number of rotatable bonds is 3. The molecule has 2 atom stereocenters. The maximum Gasteiger partial charge on any atom is 0.410 e. The molecule has 2 aromatic rings. The molecule has 0 aliphatic carbocycles. The van der Waals surface area contributed by atoms with E-state index in [0.29, 0.717) is 25.5 Å². The lowest BCUT2D eigenvalue weighted by molar-refractivity contribution is 0.00658. The summed E-state index contributed by atoms with van der Waals surface area (Å²) >= 11 is 0. The molecule has 0 bridgehead atoms. The van der Waals surface area contributed by atoms with Crippen LogP contribution in [0.15, 0.2) is 24.4 Å². The minimum absolute atomic E-state index is 0.0574. The van der Waals surface area contributed by atoms with Crippen LogP contribution in [0.1, 0.15) is 27.2 Å². The van der Waals surface area contributed by atoms with E-state index in [1.165, 1.54) is 4.90 Å². The van der Waals surface area contributed by atoms with Crippen LogP contribution in [0, 0.1) is 5.92 Å². The molecule has 2 aromatic heterocycles. The predicted molar refractivity (Wildman–Crippen MR) is 92.3 cm³/mol. The number of pyridine rings is 1. The first-order valence-corrected chi connectivity index (χ1v) is 8.49. The van der Waals surface area contributed by atoms with Gasteiger partial charge < -0.3 is 15.0 Å². The van der Waals surface area contributed by atoms with E-state index < -0.39 is 17.9 Å². The molecule has 1 saturated heterocycles. The zero-order valence-corrected chi connectivity index (χ0v) is 14.8. The van der Waals surface area contributed by atoms with E-state index in [1.807, 2.05) is 28.8 Å². The summed E-state index contributed by atoms with van der Waals surface area (Å²) in [5.41, 5.74) is 0.164. The van der Waals surface area contributed by atoms with E-state index in [4.69, 9.17) is 4.74 Å². The number of piperidine rings is 1. The Balaban J connectivity index is 1.54. The van der Waals surface area contributed by atoms with Gasteiger partial charge in [0, 0.05) is 25.2 Å².